The topological polar surface area (TPSA) is 47.0 Å². The van der Waals surface area contributed by atoms with Gasteiger partial charge in [-0.3, -0.25) is 0 Å². The normalized spacial score (nSPS) is 18.0. The summed E-state index contributed by atoms with van der Waals surface area (Å²) in [5.41, 5.74) is 4.77. The number of benzene rings is 1. The van der Waals surface area contributed by atoms with Crippen LogP contribution in [0, 0.1) is 0 Å². The Morgan fingerprint density at radius 3 is 2.61 bits per heavy atom. The van der Waals surface area contributed by atoms with Gasteiger partial charge in [-0.15, -0.1) is 0 Å². The molecular weight excluding hydrogens is 286 g/mol. The van der Waals surface area contributed by atoms with Crippen LogP contribution in [0.5, 0.6) is 5.75 Å². The fraction of sp³-hybridized carbons (Fsp3) is 0.474. The lowest BCUT2D eigenvalue weighted by atomic mass is 9.98. The molecule has 2 aromatic rings. The van der Waals surface area contributed by atoms with Crippen LogP contribution in [0.15, 0.2) is 24.3 Å². The summed E-state index contributed by atoms with van der Waals surface area (Å²) in [5, 5.41) is 3.46. The molecule has 23 heavy (non-hydrogen) atoms. The number of nitrogens with one attached hydrogen (secondary N) is 1. The van der Waals surface area contributed by atoms with E-state index in [9.17, 15) is 0 Å². The zero-order valence-electron chi connectivity index (χ0n) is 13.6. The Bertz CT molecular complexity index is 691. The van der Waals surface area contributed by atoms with Crippen molar-refractivity contribution in [1.29, 1.82) is 0 Å². The van der Waals surface area contributed by atoms with E-state index >= 15 is 0 Å². The molecule has 1 aromatic heterocycles. The fourth-order valence-electron chi connectivity index (χ4n) is 3.72. The number of fused-ring (bicyclic) bond motifs is 1. The van der Waals surface area contributed by atoms with Gasteiger partial charge in [0.15, 0.2) is 0 Å². The molecule has 2 aliphatic rings. The van der Waals surface area contributed by atoms with Crippen LogP contribution < -0.4 is 10.1 Å². The lowest BCUT2D eigenvalue weighted by molar-refractivity contribution is 0.415. The first-order chi connectivity index (χ1) is 11.3. The van der Waals surface area contributed by atoms with Crippen molar-refractivity contribution in [2.24, 2.45) is 0 Å². The average molecular weight is 309 g/mol. The monoisotopic (exact) mass is 309 g/mol. The van der Waals surface area contributed by atoms with E-state index in [0.717, 1.165) is 42.3 Å². The van der Waals surface area contributed by atoms with Crippen LogP contribution >= 0.6 is 0 Å². The van der Waals surface area contributed by atoms with E-state index in [-0.39, 0.29) is 0 Å². The van der Waals surface area contributed by atoms with Gasteiger partial charge in [0.25, 0.3) is 0 Å². The average Bonchev–Trinajstić information content (AvgIpc) is 3.15. The van der Waals surface area contributed by atoms with Crippen LogP contribution in [0.1, 0.15) is 48.7 Å². The lowest BCUT2D eigenvalue weighted by Crippen LogP contribution is -2.26. The molecule has 1 aliphatic heterocycles. The van der Waals surface area contributed by atoms with Gasteiger partial charge >= 0.3 is 0 Å². The van der Waals surface area contributed by atoms with E-state index in [1.807, 2.05) is 12.1 Å². The maximum atomic E-state index is 5.28. The van der Waals surface area contributed by atoms with E-state index in [4.69, 9.17) is 14.7 Å². The van der Waals surface area contributed by atoms with Crippen LogP contribution in [0.25, 0.3) is 11.3 Å². The van der Waals surface area contributed by atoms with Gasteiger partial charge in [-0.05, 0) is 37.1 Å². The number of aromatic nitrogens is 2. The molecule has 1 aromatic carbocycles. The van der Waals surface area contributed by atoms with Gasteiger partial charge in [0.2, 0.25) is 0 Å². The smallest absolute Gasteiger partial charge is 0.132 e. The fourth-order valence-corrected chi connectivity index (χ4v) is 3.72. The Morgan fingerprint density at radius 1 is 1.09 bits per heavy atom. The predicted octanol–water partition coefficient (Wildman–Crippen LogP) is 3.46. The minimum absolute atomic E-state index is 0.548. The Balaban J connectivity index is 1.80. The highest BCUT2D eigenvalue weighted by Crippen LogP contribution is 2.35. The molecule has 1 saturated carbocycles. The van der Waals surface area contributed by atoms with E-state index in [2.05, 4.69) is 17.4 Å². The van der Waals surface area contributed by atoms with Crippen LogP contribution in [0.4, 0.5) is 0 Å². The van der Waals surface area contributed by atoms with Crippen LogP contribution in [0.3, 0.4) is 0 Å². The van der Waals surface area contributed by atoms with E-state index in [1.165, 1.54) is 36.9 Å². The van der Waals surface area contributed by atoms with E-state index in [1.54, 1.807) is 7.11 Å². The lowest BCUT2D eigenvalue weighted by Gasteiger charge is -2.22. The SMILES string of the molecule is COc1ccc(-c2nc(C3CCCC3)nc3c2CNCC3)cc1. The summed E-state index contributed by atoms with van der Waals surface area (Å²) in [6.07, 6.45) is 6.09. The molecule has 1 fully saturated rings. The largest absolute Gasteiger partial charge is 0.497 e. The molecular formula is C19H23N3O. The number of hydrogen-bond donors (Lipinski definition) is 1. The van der Waals surface area contributed by atoms with Gasteiger partial charge in [-0.25, -0.2) is 9.97 Å². The standard InChI is InChI=1S/C19H23N3O/c1-23-15-8-6-13(7-9-15)18-16-12-20-11-10-17(16)21-19(22-18)14-4-2-3-5-14/h6-9,14,20H,2-5,10-12H2,1H3. The number of methoxy groups -OCH3 is 1. The van der Waals surface area contributed by atoms with Gasteiger partial charge in [0.1, 0.15) is 11.6 Å². The van der Waals surface area contributed by atoms with Crippen molar-refractivity contribution < 1.29 is 4.74 Å². The summed E-state index contributed by atoms with van der Waals surface area (Å²) in [4.78, 5) is 9.94. The Labute approximate surface area is 137 Å². The second kappa shape index (κ2) is 6.28. The minimum atomic E-state index is 0.548. The minimum Gasteiger partial charge on any atom is -0.497 e. The first kappa shape index (κ1) is 14.6. The van der Waals surface area contributed by atoms with Crippen molar-refractivity contribution >= 4 is 0 Å². The summed E-state index contributed by atoms with van der Waals surface area (Å²) < 4.78 is 5.28. The van der Waals surface area contributed by atoms with Crippen molar-refractivity contribution in [2.75, 3.05) is 13.7 Å². The number of ether oxygens (including phenoxy) is 1. The molecule has 2 heterocycles. The molecule has 4 nitrogen and oxygen atoms in total. The maximum Gasteiger partial charge on any atom is 0.132 e. The first-order valence-electron chi connectivity index (χ1n) is 8.60. The van der Waals surface area contributed by atoms with E-state index < -0.39 is 0 Å². The third-order valence-corrected chi connectivity index (χ3v) is 5.03. The molecule has 1 N–H and O–H groups in total. The van der Waals surface area contributed by atoms with Gasteiger partial charge in [0, 0.05) is 36.6 Å². The number of rotatable bonds is 3. The third-order valence-electron chi connectivity index (χ3n) is 5.03. The van der Waals surface area contributed by atoms with Crippen molar-refractivity contribution in [3.05, 3.63) is 41.3 Å². The van der Waals surface area contributed by atoms with Crippen LogP contribution in [-0.2, 0) is 13.0 Å². The highest BCUT2D eigenvalue weighted by molar-refractivity contribution is 5.65. The first-order valence-corrected chi connectivity index (χ1v) is 8.60. The van der Waals surface area contributed by atoms with Crippen molar-refractivity contribution in [3.8, 4) is 17.0 Å². The molecule has 1 aliphatic carbocycles. The van der Waals surface area contributed by atoms with Gasteiger partial charge in [-0.1, -0.05) is 12.8 Å². The molecule has 0 spiro atoms. The van der Waals surface area contributed by atoms with Crippen molar-refractivity contribution in [3.63, 3.8) is 0 Å². The summed E-state index contributed by atoms with van der Waals surface area (Å²) >= 11 is 0. The molecule has 0 radical (unpaired) electrons. The van der Waals surface area contributed by atoms with Crippen molar-refractivity contribution in [2.45, 2.75) is 44.6 Å². The van der Waals surface area contributed by atoms with Gasteiger partial charge in [-0.2, -0.15) is 0 Å². The number of hydrogen-bond acceptors (Lipinski definition) is 4. The summed E-state index contributed by atoms with van der Waals surface area (Å²) in [5.74, 6) is 2.49. The molecule has 0 amide bonds. The van der Waals surface area contributed by atoms with Gasteiger partial charge in [0.05, 0.1) is 18.5 Å². The predicted molar refractivity (Wildman–Crippen MR) is 90.6 cm³/mol. The van der Waals surface area contributed by atoms with E-state index in [0.29, 0.717) is 5.92 Å². The zero-order chi connectivity index (χ0) is 15.6. The molecule has 0 unspecified atom stereocenters. The Hall–Kier alpha value is -1.94. The summed E-state index contributed by atoms with van der Waals surface area (Å²) in [6, 6.07) is 8.23. The molecule has 0 atom stereocenters. The van der Waals surface area contributed by atoms with Crippen LogP contribution in [-0.4, -0.2) is 23.6 Å². The molecule has 0 bridgehead atoms. The summed E-state index contributed by atoms with van der Waals surface area (Å²) in [6.45, 7) is 1.87. The molecule has 120 valence electrons. The molecule has 0 saturated heterocycles. The Kier molecular flexibility index (Phi) is 4.00. The second-order valence-electron chi connectivity index (χ2n) is 6.49. The maximum absolute atomic E-state index is 5.28. The molecule has 4 heteroatoms. The molecule has 4 rings (SSSR count). The van der Waals surface area contributed by atoms with Gasteiger partial charge < -0.3 is 10.1 Å². The zero-order valence-corrected chi connectivity index (χ0v) is 13.6. The van der Waals surface area contributed by atoms with Crippen molar-refractivity contribution in [1.82, 2.24) is 15.3 Å². The van der Waals surface area contributed by atoms with Crippen LogP contribution in [0.2, 0.25) is 0 Å². The second-order valence-corrected chi connectivity index (χ2v) is 6.49. The highest BCUT2D eigenvalue weighted by Gasteiger charge is 2.24. The quantitative estimate of drug-likeness (QED) is 0.943. The summed E-state index contributed by atoms with van der Waals surface area (Å²) in [7, 11) is 1.70. The Morgan fingerprint density at radius 2 is 1.87 bits per heavy atom. The number of nitrogens with zero attached hydrogens (tertiary/aromatic N) is 2. The highest BCUT2D eigenvalue weighted by atomic mass is 16.5. The third kappa shape index (κ3) is 2.83.